The molecule has 3 N–H and O–H groups in total. The number of carbonyl (C=O) groups is 1. The number of phenolic OH excluding ortho intramolecular Hbond substituents is 1. The van der Waals surface area contributed by atoms with Gasteiger partial charge in [-0.1, -0.05) is 11.2 Å². The second kappa shape index (κ2) is 8.46. The van der Waals surface area contributed by atoms with E-state index >= 15 is 0 Å². The van der Waals surface area contributed by atoms with E-state index in [4.69, 9.17) is 14.2 Å². The second-order valence-electron chi connectivity index (χ2n) is 6.96. The van der Waals surface area contributed by atoms with E-state index in [1.54, 1.807) is 44.4 Å². The molecule has 1 amide bonds. The summed E-state index contributed by atoms with van der Waals surface area (Å²) in [5.41, 5.74) is 2.09. The highest BCUT2D eigenvalue weighted by Gasteiger charge is 2.34. The number of hydrogen-bond acceptors (Lipinski definition) is 9. The number of nitrogens with zero attached hydrogens (tertiary/aromatic N) is 4. The van der Waals surface area contributed by atoms with Crippen LogP contribution in [0.4, 0.5) is 11.6 Å². The predicted octanol–water partition coefficient (Wildman–Crippen LogP) is 2.33. The van der Waals surface area contributed by atoms with Crippen molar-refractivity contribution < 1.29 is 24.1 Å². The number of carbonyl (C=O) groups excluding carboxylic acids is 1. The van der Waals surface area contributed by atoms with Crippen LogP contribution in [0.15, 0.2) is 47.7 Å². The summed E-state index contributed by atoms with van der Waals surface area (Å²) in [6.45, 7) is 1.77. The molecule has 11 nitrogen and oxygen atoms in total. The van der Waals surface area contributed by atoms with Crippen LogP contribution in [0.3, 0.4) is 0 Å². The maximum Gasteiger partial charge on any atom is 0.255 e. The Labute approximate surface area is 183 Å². The molecule has 4 rings (SSSR count). The first-order chi connectivity index (χ1) is 15.5. The second-order valence-corrected chi connectivity index (χ2v) is 6.96. The highest BCUT2D eigenvalue weighted by atomic mass is 16.5. The summed E-state index contributed by atoms with van der Waals surface area (Å²) in [7, 11) is 4.51. The molecule has 0 radical (unpaired) electrons. The Morgan fingerprint density at radius 1 is 1.09 bits per heavy atom. The van der Waals surface area contributed by atoms with Crippen LogP contribution >= 0.6 is 0 Å². The van der Waals surface area contributed by atoms with Gasteiger partial charge in [-0.15, -0.1) is 0 Å². The van der Waals surface area contributed by atoms with Crippen molar-refractivity contribution >= 4 is 17.5 Å². The van der Waals surface area contributed by atoms with Gasteiger partial charge in [0, 0.05) is 11.8 Å². The molecule has 1 aromatic heterocycles. The smallest absolute Gasteiger partial charge is 0.255 e. The molecule has 1 aliphatic heterocycles. The van der Waals surface area contributed by atoms with Gasteiger partial charge in [-0.3, -0.25) is 4.79 Å². The Morgan fingerprint density at radius 2 is 1.88 bits per heavy atom. The minimum absolute atomic E-state index is 0.0169. The Bertz CT molecular complexity index is 1210. The SMILES string of the molecule is COc1ccc(NC(=O)C2=C(C)Nc3nnnn3C2c2ccc(O)c(OC)c2)c(OC)c1. The number of allylic oxidation sites excluding steroid dienone is 1. The maximum absolute atomic E-state index is 13.5. The van der Waals surface area contributed by atoms with E-state index < -0.39 is 6.04 Å². The van der Waals surface area contributed by atoms with E-state index in [0.717, 1.165) is 0 Å². The zero-order chi connectivity index (χ0) is 22.8. The first-order valence-electron chi connectivity index (χ1n) is 9.62. The average Bonchev–Trinajstić information content (AvgIpc) is 3.26. The van der Waals surface area contributed by atoms with Gasteiger partial charge in [0.05, 0.1) is 32.6 Å². The van der Waals surface area contributed by atoms with Gasteiger partial charge >= 0.3 is 0 Å². The lowest BCUT2D eigenvalue weighted by atomic mass is 9.94. The third kappa shape index (κ3) is 3.64. The normalized spacial score (nSPS) is 14.9. The lowest BCUT2D eigenvalue weighted by Crippen LogP contribution is -2.31. The van der Waals surface area contributed by atoms with Gasteiger partial charge in [-0.2, -0.15) is 4.68 Å². The summed E-state index contributed by atoms with van der Waals surface area (Å²) < 4.78 is 17.4. The summed E-state index contributed by atoms with van der Waals surface area (Å²) >= 11 is 0. The number of methoxy groups -OCH3 is 3. The third-order valence-electron chi connectivity index (χ3n) is 5.14. The Kier molecular flexibility index (Phi) is 5.54. The number of fused-ring (bicyclic) bond motifs is 1. The fraction of sp³-hybridized carbons (Fsp3) is 0.238. The van der Waals surface area contributed by atoms with Crippen LogP contribution in [0.1, 0.15) is 18.5 Å². The molecule has 0 bridgehead atoms. The van der Waals surface area contributed by atoms with E-state index in [1.807, 2.05) is 0 Å². The fourth-order valence-corrected chi connectivity index (χ4v) is 3.57. The number of aromatic nitrogens is 4. The van der Waals surface area contributed by atoms with Gasteiger partial charge in [-0.05, 0) is 47.2 Å². The van der Waals surface area contributed by atoms with Gasteiger partial charge < -0.3 is 30.0 Å². The van der Waals surface area contributed by atoms with E-state index in [2.05, 4.69) is 26.2 Å². The van der Waals surface area contributed by atoms with Crippen molar-refractivity contribution in [3.63, 3.8) is 0 Å². The first kappa shape index (κ1) is 21.0. The number of rotatable bonds is 6. The molecule has 0 saturated carbocycles. The van der Waals surface area contributed by atoms with E-state index in [9.17, 15) is 9.90 Å². The molecule has 0 fully saturated rings. The van der Waals surface area contributed by atoms with Gasteiger partial charge in [0.1, 0.15) is 17.5 Å². The van der Waals surface area contributed by atoms with Crippen molar-refractivity contribution in [3.05, 3.63) is 53.2 Å². The van der Waals surface area contributed by atoms with Gasteiger partial charge in [-0.25, -0.2) is 0 Å². The number of amides is 1. The van der Waals surface area contributed by atoms with Crippen molar-refractivity contribution in [2.24, 2.45) is 0 Å². The van der Waals surface area contributed by atoms with Crippen LogP contribution in [0.5, 0.6) is 23.0 Å². The number of nitrogens with one attached hydrogen (secondary N) is 2. The highest BCUT2D eigenvalue weighted by molar-refractivity contribution is 6.06. The molecule has 0 aliphatic carbocycles. The molecular weight excluding hydrogens is 416 g/mol. The van der Waals surface area contributed by atoms with Crippen LogP contribution in [0.2, 0.25) is 0 Å². The molecule has 11 heteroatoms. The largest absolute Gasteiger partial charge is 0.504 e. The van der Waals surface area contributed by atoms with Crippen molar-refractivity contribution in [2.45, 2.75) is 13.0 Å². The number of benzene rings is 2. The molecule has 166 valence electrons. The van der Waals surface area contributed by atoms with Gasteiger partial charge in [0.2, 0.25) is 5.95 Å². The molecule has 2 aromatic carbocycles. The summed E-state index contributed by atoms with van der Waals surface area (Å²) in [6, 6.07) is 9.26. The topological polar surface area (TPSA) is 133 Å². The summed E-state index contributed by atoms with van der Waals surface area (Å²) in [5.74, 6) is 1.31. The van der Waals surface area contributed by atoms with Crippen molar-refractivity contribution in [3.8, 4) is 23.0 Å². The number of phenols is 1. The van der Waals surface area contributed by atoms with Crippen LogP contribution < -0.4 is 24.8 Å². The summed E-state index contributed by atoms with van der Waals surface area (Å²) in [6.07, 6.45) is 0. The quantitative estimate of drug-likeness (QED) is 0.530. The van der Waals surface area contributed by atoms with Crippen molar-refractivity contribution in [1.29, 1.82) is 0 Å². The number of anilines is 2. The van der Waals surface area contributed by atoms with Gasteiger partial charge in [0.15, 0.2) is 11.5 Å². The van der Waals surface area contributed by atoms with E-state index in [1.165, 1.54) is 25.0 Å². The monoisotopic (exact) mass is 438 g/mol. The van der Waals surface area contributed by atoms with Crippen LogP contribution in [-0.2, 0) is 4.79 Å². The van der Waals surface area contributed by atoms with Crippen molar-refractivity contribution in [1.82, 2.24) is 20.2 Å². The average molecular weight is 438 g/mol. The predicted molar refractivity (Wildman–Crippen MR) is 115 cm³/mol. The molecule has 32 heavy (non-hydrogen) atoms. The minimum Gasteiger partial charge on any atom is -0.504 e. The Morgan fingerprint density at radius 3 is 2.59 bits per heavy atom. The summed E-state index contributed by atoms with van der Waals surface area (Å²) in [4.78, 5) is 13.5. The van der Waals surface area contributed by atoms with Gasteiger partial charge in [0.25, 0.3) is 5.91 Å². The third-order valence-corrected chi connectivity index (χ3v) is 5.14. The van der Waals surface area contributed by atoms with Crippen LogP contribution in [0, 0.1) is 0 Å². The lowest BCUT2D eigenvalue weighted by molar-refractivity contribution is -0.113. The fourth-order valence-electron chi connectivity index (χ4n) is 3.57. The van der Waals surface area contributed by atoms with Crippen LogP contribution in [-0.4, -0.2) is 52.6 Å². The van der Waals surface area contributed by atoms with Crippen molar-refractivity contribution in [2.75, 3.05) is 32.0 Å². The zero-order valence-corrected chi connectivity index (χ0v) is 17.9. The number of aromatic hydroxyl groups is 1. The number of ether oxygens (including phenoxy) is 3. The van der Waals surface area contributed by atoms with E-state index in [0.29, 0.717) is 40.0 Å². The molecule has 1 aliphatic rings. The lowest BCUT2D eigenvalue weighted by Gasteiger charge is -2.28. The molecule has 2 heterocycles. The molecule has 1 unspecified atom stereocenters. The maximum atomic E-state index is 13.5. The molecular formula is C21H22N6O5. The molecule has 0 saturated heterocycles. The molecule has 3 aromatic rings. The Balaban J connectivity index is 1.76. The highest BCUT2D eigenvalue weighted by Crippen LogP contribution is 2.39. The molecule has 1 atom stereocenters. The minimum atomic E-state index is -0.667. The van der Waals surface area contributed by atoms with E-state index in [-0.39, 0.29) is 17.4 Å². The van der Waals surface area contributed by atoms with Crippen LogP contribution in [0.25, 0.3) is 0 Å². The standard InChI is InChI=1S/C21H22N6O5/c1-11-18(20(29)23-14-7-6-13(30-2)10-16(14)31-3)19(27-21(22-11)24-25-26-27)12-5-8-15(28)17(9-12)32-4/h5-10,19,28H,1-4H3,(H,23,29)(H,22,24,26). The number of hydrogen-bond donors (Lipinski definition) is 3. The molecule has 0 spiro atoms. The summed E-state index contributed by atoms with van der Waals surface area (Å²) in [5, 5.41) is 27.7. The Hall–Kier alpha value is -4.28. The first-order valence-corrected chi connectivity index (χ1v) is 9.62. The number of tetrazole rings is 1. The zero-order valence-electron chi connectivity index (χ0n) is 17.9.